The lowest BCUT2D eigenvalue weighted by Gasteiger charge is -2.09. The number of sulfonamides is 1. The van der Waals surface area contributed by atoms with Crippen LogP contribution < -0.4 is 10.0 Å². The van der Waals surface area contributed by atoms with Crippen molar-refractivity contribution in [2.45, 2.75) is 0 Å². The highest BCUT2D eigenvalue weighted by Crippen LogP contribution is 2.30. The van der Waals surface area contributed by atoms with E-state index in [2.05, 4.69) is 20.0 Å². The number of aromatic nitrogens is 2. The molecule has 2 heterocycles. The van der Waals surface area contributed by atoms with Crippen LogP contribution in [0.1, 0.15) is 0 Å². The summed E-state index contributed by atoms with van der Waals surface area (Å²) >= 11 is 0. The topological polar surface area (TPSA) is 86.9 Å². The first-order chi connectivity index (χ1) is 13.4. The molecule has 0 saturated heterocycles. The summed E-state index contributed by atoms with van der Waals surface area (Å²) in [6.45, 7) is 0. The van der Waals surface area contributed by atoms with E-state index in [-0.39, 0.29) is 5.82 Å². The number of anilines is 3. The fourth-order valence-corrected chi connectivity index (χ4v) is 3.53. The summed E-state index contributed by atoms with van der Waals surface area (Å²) in [5.41, 5.74) is 3.50. The predicted molar refractivity (Wildman–Crippen MR) is 110 cm³/mol. The molecular formula is C20H17FN4O2S. The highest BCUT2D eigenvalue weighted by atomic mass is 32.2. The molecule has 0 unspecified atom stereocenters. The van der Waals surface area contributed by atoms with Crippen LogP contribution in [0.15, 0.2) is 66.9 Å². The molecule has 6 nitrogen and oxygen atoms in total. The first kappa shape index (κ1) is 18.0. The molecule has 2 aromatic heterocycles. The van der Waals surface area contributed by atoms with Gasteiger partial charge in [-0.25, -0.2) is 17.8 Å². The van der Waals surface area contributed by atoms with Crippen LogP contribution >= 0.6 is 0 Å². The molecule has 0 spiro atoms. The van der Waals surface area contributed by atoms with Gasteiger partial charge >= 0.3 is 0 Å². The summed E-state index contributed by atoms with van der Waals surface area (Å²) < 4.78 is 38.9. The molecule has 0 aliphatic rings. The first-order valence-corrected chi connectivity index (χ1v) is 10.3. The minimum atomic E-state index is -3.36. The number of nitrogens with zero attached hydrogens (tertiary/aromatic N) is 1. The molecule has 0 amide bonds. The number of aromatic amines is 1. The van der Waals surface area contributed by atoms with Gasteiger partial charge in [0.15, 0.2) is 0 Å². The number of hydrogen-bond donors (Lipinski definition) is 3. The lowest BCUT2D eigenvalue weighted by atomic mass is 10.1. The molecule has 28 heavy (non-hydrogen) atoms. The minimum Gasteiger partial charge on any atom is -0.354 e. The van der Waals surface area contributed by atoms with E-state index in [1.165, 1.54) is 12.1 Å². The van der Waals surface area contributed by atoms with E-state index in [0.29, 0.717) is 17.2 Å². The van der Waals surface area contributed by atoms with Crippen LogP contribution in [0.3, 0.4) is 0 Å². The number of nitrogens with one attached hydrogen (secondary N) is 3. The Hall–Kier alpha value is -3.39. The third kappa shape index (κ3) is 3.96. The molecule has 0 saturated carbocycles. The molecule has 0 aliphatic carbocycles. The lowest BCUT2D eigenvalue weighted by Crippen LogP contribution is -2.09. The average molecular weight is 396 g/mol. The molecule has 2 aromatic carbocycles. The smallest absolute Gasteiger partial charge is 0.229 e. The summed E-state index contributed by atoms with van der Waals surface area (Å²) in [7, 11) is -3.36. The third-order valence-corrected chi connectivity index (χ3v) is 4.72. The Labute approximate surface area is 161 Å². The Balaban J connectivity index is 1.69. The van der Waals surface area contributed by atoms with Crippen molar-refractivity contribution in [1.82, 2.24) is 9.97 Å². The van der Waals surface area contributed by atoms with E-state index >= 15 is 0 Å². The monoisotopic (exact) mass is 396 g/mol. The average Bonchev–Trinajstić information content (AvgIpc) is 3.06. The van der Waals surface area contributed by atoms with Crippen molar-refractivity contribution >= 4 is 38.1 Å². The second-order valence-electron chi connectivity index (χ2n) is 6.39. The Kier molecular flexibility index (Phi) is 4.48. The summed E-state index contributed by atoms with van der Waals surface area (Å²) in [5.74, 6) is 0.302. The number of halogens is 1. The molecule has 0 radical (unpaired) electrons. The van der Waals surface area contributed by atoms with E-state index in [1.807, 2.05) is 24.3 Å². The summed E-state index contributed by atoms with van der Waals surface area (Å²) in [5, 5.41) is 4.05. The van der Waals surface area contributed by atoms with Crippen molar-refractivity contribution in [2.75, 3.05) is 16.3 Å². The molecule has 0 bridgehead atoms. The van der Waals surface area contributed by atoms with E-state index in [9.17, 15) is 12.8 Å². The second kappa shape index (κ2) is 6.97. The molecule has 0 fully saturated rings. The first-order valence-electron chi connectivity index (χ1n) is 8.46. The van der Waals surface area contributed by atoms with Crippen LogP contribution in [-0.2, 0) is 10.0 Å². The van der Waals surface area contributed by atoms with Gasteiger partial charge < -0.3 is 10.3 Å². The highest BCUT2D eigenvalue weighted by molar-refractivity contribution is 7.92. The zero-order chi connectivity index (χ0) is 19.7. The lowest BCUT2D eigenvalue weighted by molar-refractivity contribution is 0.607. The maximum absolute atomic E-state index is 13.5. The standard InChI is InChI=1S/C20H17FN4O2S/c1-28(26,27)25-16-7-3-6-15(11-16)23-20-17-12-19(24-18(17)8-9-22-20)13-4-2-5-14(21)10-13/h2-12,24-25H,1H3,(H,22,23). The van der Waals surface area contributed by atoms with Crippen LogP contribution in [0.5, 0.6) is 0 Å². The summed E-state index contributed by atoms with van der Waals surface area (Å²) in [6.07, 6.45) is 2.76. The van der Waals surface area contributed by atoms with Gasteiger partial charge in [0.05, 0.1) is 17.5 Å². The van der Waals surface area contributed by atoms with Crippen molar-refractivity contribution in [3.63, 3.8) is 0 Å². The van der Waals surface area contributed by atoms with Gasteiger partial charge in [-0.1, -0.05) is 18.2 Å². The maximum atomic E-state index is 13.5. The second-order valence-corrected chi connectivity index (χ2v) is 8.14. The van der Waals surface area contributed by atoms with Crippen LogP contribution in [0, 0.1) is 5.82 Å². The molecule has 142 valence electrons. The Morgan fingerprint density at radius 1 is 1.00 bits per heavy atom. The van der Waals surface area contributed by atoms with Gasteiger partial charge in [0, 0.05) is 28.5 Å². The van der Waals surface area contributed by atoms with Crippen LogP contribution in [0.4, 0.5) is 21.6 Å². The van der Waals surface area contributed by atoms with Crippen molar-refractivity contribution in [2.24, 2.45) is 0 Å². The maximum Gasteiger partial charge on any atom is 0.229 e. The van der Waals surface area contributed by atoms with Gasteiger partial charge in [-0.2, -0.15) is 0 Å². The van der Waals surface area contributed by atoms with Crippen LogP contribution in [0.25, 0.3) is 22.2 Å². The molecule has 8 heteroatoms. The Morgan fingerprint density at radius 2 is 1.79 bits per heavy atom. The van der Waals surface area contributed by atoms with Gasteiger partial charge in [-0.05, 0) is 42.5 Å². The van der Waals surface area contributed by atoms with E-state index in [0.717, 1.165) is 28.4 Å². The molecular weight excluding hydrogens is 379 g/mol. The van der Waals surface area contributed by atoms with Gasteiger partial charge in [0.2, 0.25) is 10.0 Å². The molecule has 4 aromatic rings. The summed E-state index contributed by atoms with van der Waals surface area (Å²) in [6, 6.07) is 17.0. The predicted octanol–water partition coefficient (Wildman–Crippen LogP) is 4.48. The number of pyridine rings is 1. The number of fused-ring (bicyclic) bond motifs is 1. The largest absolute Gasteiger partial charge is 0.354 e. The SMILES string of the molecule is CS(=O)(=O)Nc1cccc(Nc2nccc3[nH]c(-c4cccc(F)c4)cc23)c1. The van der Waals surface area contributed by atoms with Crippen molar-refractivity contribution in [1.29, 1.82) is 0 Å². The number of hydrogen-bond acceptors (Lipinski definition) is 4. The van der Waals surface area contributed by atoms with Crippen LogP contribution in [-0.4, -0.2) is 24.6 Å². The molecule has 4 rings (SSSR count). The fourth-order valence-electron chi connectivity index (χ4n) is 2.98. The van der Waals surface area contributed by atoms with Gasteiger partial charge in [-0.3, -0.25) is 4.72 Å². The number of rotatable bonds is 5. The zero-order valence-corrected chi connectivity index (χ0v) is 15.7. The minimum absolute atomic E-state index is 0.303. The number of benzene rings is 2. The molecule has 3 N–H and O–H groups in total. The van der Waals surface area contributed by atoms with E-state index in [4.69, 9.17) is 0 Å². The van der Waals surface area contributed by atoms with Crippen LogP contribution in [0.2, 0.25) is 0 Å². The molecule has 0 atom stereocenters. The van der Waals surface area contributed by atoms with Crippen molar-refractivity contribution in [3.8, 4) is 11.3 Å². The quantitative estimate of drug-likeness (QED) is 0.464. The van der Waals surface area contributed by atoms with Gasteiger partial charge in [0.25, 0.3) is 0 Å². The van der Waals surface area contributed by atoms with Crippen molar-refractivity contribution < 1.29 is 12.8 Å². The van der Waals surface area contributed by atoms with E-state index in [1.54, 1.807) is 30.5 Å². The van der Waals surface area contributed by atoms with E-state index < -0.39 is 10.0 Å². The van der Waals surface area contributed by atoms with Gasteiger partial charge in [0.1, 0.15) is 11.6 Å². The summed E-state index contributed by atoms with van der Waals surface area (Å²) in [4.78, 5) is 7.66. The highest BCUT2D eigenvalue weighted by Gasteiger charge is 2.10. The van der Waals surface area contributed by atoms with Gasteiger partial charge in [-0.15, -0.1) is 0 Å². The number of H-pyrrole nitrogens is 1. The van der Waals surface area contributed by atoms with Crippen molar-refractivity contribution in [3.05, 3.63) is 72.7 Å². The molecule has 0 aliphatic heterocycles. The normalized spacial score (nSPS) is 11.5. The third-order valence-electron chi connectivity index (χ3n) is 4.11. The Morgan fingerprint density at radius 3 is 2.57 bits per heavy atom. The zero-order valence-electron chi connectivity index (χ0n) is 14.9. The Bertz CT molecular complexity index is 1270. The fraction of sp³-hybridized carbons (Fsp3) is 0.0500.